The van der Waals surface area contributed by atoms with Crippen LogP contribution in [0, 0.1) is 5.92 Å². The van der Waals surface area contributed by atoms with E-state index in [1.54, 1.807) is 6.92 Å². The van der Waals surface area contributed by atoms with Gasteiger partial charge >= 0.3 is 5.97 Å². The lowest BCUT2D eigenvalue weighted by atomic mass is 9.97. The molecule has 7 N–H and O–H groups in total. The van der Waals surface area contributed by atoms with Crippen LogP contribution in [0.25, 0.3) is 0 Å². The number of aliphatic carboxylic acids is 1. The molecular weight excluding hydrogens is 490 g/mol. The number of ketones is 1. The standard InChI is InChI=1S/C23H39N5O9/c1-8-11(2)16(26-14(5)30)19(34)27-17(13(4)29)20(35)28-23(6,7)22(37)25-12(3)18(33)21(36)24-10-9-15(31)32/h11-13,16-17,29H,8-10H2,1-7H3,(H,24,36)(H,25,37)(H,26,30)(H,27,34)(H,28,35)(H,31,32)/t11-,12?,13-,16+,17+/m1/s1. The molecule has 0 aliphatic rings. The SMILES string of the molecule is CC[C@@H](C)[C@H](NC(C)=O)C(=O)N[C@H](C(=O)NC(C)(C)C(=O)NC(C)C(=O)C(=O)NCCC(=O)O)[C@@H](C)O. The summed E-state index contributed by atoms with van der Waals surface area (Å²) in [6.07, 6.45) is -1.21. The minimum Gasteiger partial charge on any atom is -0.481 e. The van der Waals surface area contributed by atoms with Crippen LogP contribution in [0.5, 0.6) is 0 Å². The third-order valence-electron chi connectivity index (χ3n) is 5.51. The van der Waals surface area contributed by atoms with Crippen molar-refractivity contribution in [3.63, 3.8) is 0 Å². The van der Waals surface area contributed by atoms with Gasteiger partial charge in [-0.05, 0) is 33.6 Å². The van der Waals surface area contributed by atoms with Crippen LogP contribution < -0.4 is 26.6 Å². The molecule has 0 radical (unpaired) electrons. The Morgan fingerprint density at radius 3 is 1.89 bits per heavy atom. The molecule has 0 saturated heterocycles. The van der Waals surface area contributed by atoms with Crippen molar-refractivity contribution in [2.75, 3.05) is 6.54 Å². The second-order valence-corrected chi connectivity index (χ2v) is 9.36. The van der Waals surface area contributed by atoms with Crippen molar-refractivity contribution in [2.24, 2.45) is 5.92 Å². The van der Waals surface area contributed by atoms with Gasteiger partial charge in [0.1, 0.15) is 17.6 Å². The lowest BCUT2D eigenvalue weighted by Crippen LogP contribution is -2.64. The molecule has 0 aromatic heterocycles. The second-order valence-electron chi connectivity index (χ2n) is 9.36. The first-order valence-corrected chi connectivity index (χ1v) is 11.9. The molecule has 0 rings (SSSR count). The number of hydrogen-bond donors (Lipinski definition) is 7. The maximum atomic E-state index is 12.9. The number of aliphatic hydroxyl groups excluding tert-OH is 1. The van der Waals surface area contributed by atoms with Crippen molar-refractivity contribution in [1.29, 1.82) is 0 Å². The summed E-state index contributed by atoms with van der Waals surface area (Å²) in [7, 11) is 0. The Balaban J connectivity index is 5.32. The second kappa shape index (κ2) is 14.9. The van der Waals surface area contributed by atoms with Gasteiger partial charge in [0.15, 0.2) is 0 Å². The van der Waals surface area contributed by atoms with Crippen LogP contribution in [0.2, 0.25) is 0 Å². The molecule has 0 saturated carbocycles. The fraction of sp³-hybridized carbons (Fsp3) is 0.696. The largest absolute Gasteiger partial charge is 0.481 e. The minimum absolute atomic E-state index is 0.269. The Morgan fingerprint density at radius 2 is 1.43 bits per heavy atom. The molecule has 0 bridgehead atoms. The highest BCUT2D eigenvalue weighted by molar-refractivity contribution is 6.38. The van der Waals surface area contributed by atoms with E-state index >= 15 is 0 Å². The zero-order chi connectivity index (χ0) is 29.1. The Morgan fingerprint density at radius 1 is 0.865 bits per heavy atom. The number of carbonyl (C=O) groups is 7. The quantitative estimate of drug-likeness (QED) is 0.116. The first-order chi connectivity index (χ1) is 16.9. The van der Waals surface area contributed by atoms with Crippen molar-refractivity contribution in [1.82, 2.24) is 26.6 Å². The zero-order valence-electron chi connectivity index (χ0n) is 22.3. The van der Waals surface area contributed by atoms with Gasteiger partial charge in [0.05, 0.1) is 18.6 Å². The Kier molecular flexibility index (Phi) is 13.4. The topological polar surface area (TPSA) is 220 Å². The molecule has 1 unspecified atom stereocenters. The van der Waals surface area contributed by atoms with E-state index in [2.05, 4.69) is 26.6 Å². The number of carboxylic acid groups (broad SMARTS) is 1. The molecule has 5 amide bonds. The van der Waals surface area contributed by atoms with Crippen molar-refractivity contribution in [3.8, 4) is 0 Å². The maximum Gasteiger partial charge on any atom is 0.305 e. The lowest BCUT2D eigenvalue weighted by molar-refractivity contribution is -0.141. The first kappa shape index (κ1) is 33.4. The van der Waals surface area contributed by atoms with Gasteiger partial charge in [-0.1, -0.05) is 20.3 Å². The number of hydrogen-bond acceptors (Lipinski definition) is 8. The smallest absolute Gasteiger partial charge is 0.305 e. The fourth-order valence-electron chi connectivity index (χ4n) is 3.02. The summed E-state index contributed by atoms with van der Waals surface area (Å²) in [5.74, 6) is -6.43. The van der Waals surface area contributed by atoms with E-state index in [-0.39, 0.29) is 18.9 Å². The molecule has 0 aliphatic carbocycles. The van der Waals surface area contributed by atoms with E-state index in [1.165, 1.54) is 34.6 Å². The van der Waals surface area contributed by atoms with Gasteiger partial charge in [0.2, 0.25) is 29.4 Å². The summed E-state index contributed by atoms with van der Waals surface area (Å²) in [5, 5.41) is 30.5. The van der Waals surface area contributed by atoms with Gasteiger partial charge in [0, 0.05) is 13.5 Å². The normalized spacial score (nSPS) is 15.1. The number of amides is 5. The number of carboxylic acids is 1. The van der Waals surface area contributed by atoms with Crippen molar-refractivity contribution >= 4 is 41.3 Å². The van der Waals surface area contributed by atoms with Crippen LogP contribution in [0.15, 0.2) is 0 Å². The average molecular weight is 530 g/mol. The molecule has 210 valence electrons. The predicted octanol–water partition coefficient (Wildman–Crippen LogP) is -2.04. The van der Waals surface area contributed by atoms with Crippen LogP contribution in [0.3, 0.4) is 0 Å². The summed E-state index contributed by atoms with van der Waals surface area (Å²) >= 11 is 0. The van der Waals surface area contributed by atoms with Gasteiger partial charge in [-0.25, -0.2) is 0 Å². The monoisotopic (exact) mass is 529 g/mol. The molecule has 0 fully saturated rings. The van der Waals surface area contributed by atoms with Gasteiger partial charge in [-0.2, -0.15) is 0 Å². The maximum absolute atomic E-state index is 12.9. The van der Waals surface area contributed by atoms with Crippen molar-refractivity contribution < 1.29 is 43.8 Å². The lowest BCUT2D eigenvalue weighted by Gasteiger charge is -2.31. The Hall–Kier alpha value is -3.55. The highest BCUT2D eigenvalue weighted by Gasteiger charge is 2.37. The van der Waals surface area contributed by atoms with E-state index in [0.29, 0.717) is 6.42 Å². The van der Waals surface area contributed by atoms with Crippen molar-refractivity contribution in [2.45, 2.75) is 91.1 Å². The van der Waals surface area contributed by atoms with E-state index in [1.807, 2.05) is 6.92 Å². The van der Waals surface area contributed by atoms with Crippen LogP contribution in [-0.2, 0) is 33.6 Å². The molecule has 0 aromatic carbocycles. The Labute approximate surface area is 215 Å². The highest BCUT2D eigenvalue weighted by atomic mass is 16.4. The molecular formula is C23H39N5O9. The third kappa shape index (κ3) is 11.4. The minimum atomic E-state index is -1.64. The molecule has 0 aliphatic heterocycles. The average Bonchev–Trinajstić information content (AvgIpc) is 2.78. The first-order valence-electron chi connectivity index (χ1n) is 11.9. The number of Topliss-reactive ketones (excluding diaryl/α,β-unsaturated/α-hetero) is 1. The summed E-state index contributed by atoms with van der Waals surface area (Å²) < 4.78 is 0. The third-order valence-corrected chi connectivity index (χ3v) is 5.51. The van der Waals surface area contributed by atoms with E-state index < -0.39 is 71.1 Å². The zero-order valence-corrected chi connectivity index (χ0v) is 22.3. The van der Waals surface area contributed by atoms with E-state index in [4.69, 9.17) is 5.11 Å². The van der Waals surface area contributed by atoms with Crippen LogP contribution in [0.4, 0.5) is 0 Å². The van der Waals surface area contributed by atoms with Gasteiger partial charge in [-0.15, -0.1) is 0 Å². The number of rotatable bonds is 15. The fourth-order valence-corrected chi connectivity index (χ4v) is 3.02. The molecule has 0 spiro atoms. The molecule has 0 aromatic rings. The van der Waals surface area contributed by atoms with E-state index in [0.717, 1.165) is 0 Å². The predicted molar refractivity (Wildman–Crippen MR) is 131 cm³/mol. The summed E-state index contributed by atoms with van der Waals surface area (Å²) in [6, 6.07) is -3.73. The van der Waals surface area contributed by atoms with Gasteiger partial charge in [0.25, 0.3) is 5.91 Å². The van der Waals surface area contributed by atoms with Gasteiger partial charge < -0.3 is 36.8 Å². The van der Waals surface area contributed by atoms with Crippen LogP contribution in [0.1, 0.15) is 61.3 Å². The number of nitrogens with one attached hydrogen (secondary N) is 5. The van der Waals surface area contributed by atoms with Gasteiger partial charge in [-0.3, -0.25) is 33.6 Å². The van der Waals surface area contributed by atoms with Crippen LogP contribution in [-0.4, -0.2) is 87.8 Å². The summed E-state index contributed by atoms with van der Waals surface area (Å²) in [4.78, 5) is 84.5. The molecule has 14 heteroatoms. The molecule has 14 nitrogen and oxygen atoms in total. The molecule has 5 atom stereocenters. The van der Waals surface area contributed by atoms with Crippen molar-refractivity contribution in [3.05, 3.63) is 0 Å². The highest BCUT2D eigenvalue weighted by Crippen LogP contribution is 2.10. The number of aliphatic hydroxyl groups is 1. The summed E-state index contributed by atoms with van der Waals surface area (Å²) in [5.41, 5.74) is -1.64. The Bertz CT molecular complexity index is 888. The number of carbonyl (C=O) groups excluding carboxylic acids is 6. The van der Waals surface area contributed by atoms with E-state index in [9.17, 15) is 38.7 Å². The van der Waals surface area contributed by atoms with Crippen LogP contribution >= 0.6 is 0 Å². The molecule has 0 heterocycles. The summed E-state index contributed by atoms with van der Waals surface area (Å²) in [6.45, 7) is 9.65. The molecule has 37 heavy (non-hydrogen) atoms.